The van der Waals surface area contributed by atoms with E-state index < -0.39 is 23.2 Å². The van der Waals surface area contributed by atoms with E-state index in [1.54, 1.807) is 60.8 Å². The van der Waals surface area contributed by atoms with E-state index in [0.717, 1.165) is 5.56 Å². The van der Waals surface area contributed by atoms with Gasteiger partial charge in [0.15, 0.2) is 0 Å². The zero-order valence-electron chi connectivity index (χ0n) is 16.1. The van der Waals surface area contributed by atoms with Crippen LogP contribution in [0.15, 0.2) is 24.3 Å². The lowest BCUT2D eigenvalue weighted by atomic mass is 9.97. The van der Waals surface area contributed by atoms with Gasteiger partial charge in [0.1, 0.15) is 18.0 Å². The Kier molecular flexibility index (Phi) is 6.85. The van der Waals surface area contributed by atoms with Gasteiger partial charge in [0.05, 0.1) is 18.6 Å². The van der Waals surface area contributed by atoms with E-state index in [1.165, 1.54) is 0 Å². The Bertz CT molecular complexity index is 581. The first-order chi connectivity index (χ1) is 11.4. The fourth-order valence-corrected chi connectivity index (χ4v) is 1.88. The Hall–Kier alpha value is -2.24. The lowest BCUT2D eigenvalue weighted by Gasteiger charge is -2.25. The first-order valence-electron chi connectivity index (χ1n) is 8.23. The van der Waals surface area contributed by atoms with Crippen LogP contribution in [0.2, 0.25) is 0 Å². The molecule has 0 heterocycles. The molecular weight excluding hydrogens is 322 g/mol. The van der Waals surface area contributed by atoms with Crippen LogP contribution >= 0.6 is 0 Å². The van der Waals surface area contributed by atoms with E-state index >= 15 is 0 Å². The Balaban J connectivity index is 2.89. The number of esters is 1. The van der Waals surface area contributed by atoms with Crippen molar-refractivity contribution in [2.45, 2.75) is 53.2 Å². The molecule has 0 spiro atoms. The third kappa shape index (κ3) is 7.45. The number of nitrogens with one attached hydrogen (secondary N) is 1. The standard InChI is InChI=1S/C19H29NO5/c1-18(2,3)16(21)24-12-15(20-17(22)25-19(4,5)6)13-8-10-14(23-7)11-9-13/h8-11,15H,12H2,1-7H3,(H,20,22). The summed E-state index contributed by atoms with van der Waals surface area (Å²) in [5.74, 6) is 0.364. The highest BCUT2D eigenvalue weighted by Crippen LogP contribution is 2.21. The van der Waals surface area contributed by atoms with E-state index in [1.807, 2.05) is 12.1 Å². The molecule has 1 rings (SSSR count). The van der Waals surface area contributed by atoms with Crippen molar-refractivity contribution in [2.75, 3.05) is 13.7 Å². The van der Waals surface area contributed by atoms with Crippen molar-refractivity contribution in [3.05, 3.63) is 29.8 Å². The fourth-order valence-electron chi connectivity index (χ4n) is 1.88. The average Bonchev–Trinajstić information content (AvgIpc) is 2.48. The molecule has 0 saturated heterocycles. The van der Waals surface area contributed by atoms with Crippen molar-refractivity contribution < 1.29 is 23.8 Å². The highest BCUT2D eigenvalue weighted by molar-refractivity contribution is 5.75. The summed E-state index contributed by atoms with van der Waals surface area (Å²) in [6.07, 6.45) is -0.569. The Morgan fingerprint density at radius 3 is 2.04 bits per heavy atom. The number of carbonyl (C=O) groups excluding carboxylic acids is 2. The maximum atomic E-state index is 12.1. The van der Waals surface area contributed by atoms with Crippen LogP contribution in [0.3, 0.4) is 0 Å². The molecular formula is C19H29NO5. The number of carbonyl (C=O) groups is 2. The van der Waals surface area contributed by atoms with Crippen LogP contribution < -0.4 is 10.1 Å². The largest absolute Gasteiger partial charge is 0.497 e. The van der Waals surface area contributed by atoms with Gasteiger partial charge < -0.3 is 19.5 Å². The van der Waals surface area contributed by atoms with Gasteiger partial charge in [-0.05, 0) is 59.2 Å². The topological polar surface area (TPSA) is 73.9 Å². The lowest BCUT2D eigenvalue weighted by molar-refractivity contribution is -0.153. The molecule has 1 aromatic carbocycles. The number of methoxy groups -OCH3 is 1. The predicted octanol–water partition coefficient (Wildman–Crippen LogP) is 3.85. The van der Waals surface area contributed by atoms with Crippen molar-refractivity contribution >= 4 is 12.1 Å². The van der Waals surface area contributed by atoms with Gasteiger partial charge in [-0.25, -0.2) is 4.79 Å². The molecule has 0 radical (unpaired) electrons. The number of rotatable bonds is 5. The van der Waals surface area contributed by atoms with Gasteiger partial charge in [-0.3, -0.25) is 4.79 Å². The molecule has 0 aromatic heterocycles. The van der Waals surface area contributed by atoms with E-state index in [-0.39, 0.29) is 12.6 Å². The fraction of sp³-hybridized carbons (Fsp3) is 0.579. The normalized spacial score (nSPS) is 12.9. The second-order valence-electron chi connectivity index (χ2n) is 7.82. The minimum absolute atomic E-state index is 0.0156. The van der Waals surface area contributed by atoms with Gasteiger partial charge in [0.2, 0.25) is 0 Å². The number of ether oxygens (including phenoxy) is 3. The van der Waals surface area contributed by atoms with Crippen molar-refractivity contribution in [1.82, 2.24) is 5.32 Å². The molecule has 0 aliphatic heterocycles. The van der Waals surface area contributed by atoms with E-state index in [2.05, 4.69) is 5.32 Å². The molecule has 0 saturated carbocycles. The molecule has 1 aromatic rings. The van der Waals surface area contributed by atoms with Crippen LogP contribution in [0.4, 0.5) is 4.79 Å². The Morgan fingerprint density at radius 2 is 1.60 bits per heavy atom. The zero-order chi connectivity index (χ0) is 19.3. The number of benzene rings is 1. The van der Waals surface area contributed by atoms with Crippen LogP contribution in [-0.2, 0) is 14.3 Å². The molecule has 25 heavy (non-hydrogen) atoms. The van der Waals surface area contributed by atoms with Crippen LogP contribution in [-0.4, -0.2) is 31.4 Å². The first-order valence-corrected chi connectivity index (χ1v) is 8.23. The van der Waals surface area contributed by atoms with Gasteiger partial charge in [-0.1, -0.05) is 12.1 Å². The van der Waals surface area contributed by atoms with Crippen LogP contribution in [0.1, 0.15) is 53.1 Å². The molecule has 0 aliphatic carbocycles. The summed E-state index contributed by atoms with van der Waals surface area (Å²) in [6.45, 7) is 10.7. The minimum Gasteiger partial charge on any atom is -0.497 e. The molecule has 0 bridgehead atoms. The van der Waals surface area contributed by atoms with Crippen molar-refractivity contribution in [3.8, 4) is 5.75 Å². The van der Waals surface area contributed by atoms with E-state index in [4.69, 9.17) is 14.2 Å². The molecule has 1 amide bonds. The monoisotopic (exact) mass is 351 g/mol. The average molecular weight is 351 g/mol. The summed E-state index contributed by atoms with van der Waals surface area (Å²) in [7, 11) is 1.58. The highest BCUT2D eigenvalue weighted by atomic mass is 16.6. The summed E-state index contributed by atoms with van der Waals surface area (Å²) < 4.78 is 15.8. The van der Waals surface area contributed by atoms with Gasteiger partial charge in [-0.2, -0.15) is 0 Å². The van der Waals surface area contributed by atoms with Gasteiger partial charge >= 0.3 is 12.1 Å². The quantitative estimate of drug-likeness (QED) is 0.816. The van der Waals surface area contributed by atoms with E-state index in [0.29, 0.717) is 5.75 Å². The predicted molar refractivity (Wildman–Crippen MR) is 95.5 cm³/mol. The van der Waals surface area contributed by atoms with Gasteiger partial charge in [-0.15, -0.1) is 0 Å². The second-order valence-corrected chi connectivity index (χ2v) is 7.82. The SMILES string of the molecule is COc1ccc(C(COC(=O)C(C)(C)C)NC(=O)OC(C)(C)C)cc1. The number of hydrogen-bond donors (Lipinski definition) is 1. The molecule has 0 aliphatic rings. The summed E-state index contributed by atoms with van der Waals surface area (Å²) in [4.78, 5) is 24.1. The van der Waals surface area contributed by atoms with Crippen molar-refractivity contribution in [3.63, 3.8) is 0 Å². The number of hydrogen-bond acceptors (Lipinski definition) is 5. The molecule has 1 unspecified atom stereocenters. The molecule has 1 N–H and O–H groups in total. The Labute approximate surface area is 149 Å². The van der Waals surface area contributed by atoms with Crippen LogP contribution in [0.5, 0.6) is 5.75 Å². The Morgan fingerprint density at radius 1 is 1.04 bits per heavy atom. The number of amides is 1. The number of alkyl carbamates (subject to hydrolysis) is 1. The maximum Gasteiger partial charge on any atom is 0.408 e. The molecule has 6 heteroatoms. The molecule has 1 atom stereocenters. The van der Waals surface area contributed by atoms with Crippen LogP contribution in [0.25, 0.3) is 0 Å². The molecule has 140 valence electrons. The maximum absolute atomic E-state index is 12.1. The van der Waals surface area contributed by atoms with Crippen molar-refractivity contribution in [2.24, 2.45) is 5.41 Å². The van der Waals surface area contributed by atoms with Gasteiger partial charge in [0.25, 0.3) is 0 Å². The third-order valence-electron chi connectivity index (χ3n) is 3.20. The first kappa shape index (κ1) is 20.8. The summed E-state index contributed by atoms with van der Waals surface area (Å²) in [5, 5.41) is 2.75. The van der Waals surface area contributed by atoms with Gasteiger partial charge in [0, 0.05) is 0 Å². The summed E-state index contributed by atoms with van der Waals surface area (Å²) >= 11 is 0. The minimum atomic E-state index is -0.615. The summed E-state index contributed by atoms with van der Waals surface area (Å²) in [5.41, 5.74) is -0.444. The third-order valence-corrected chi connectivity index (χ3v) is 3.20. The lowest BCUT2D eigenvalue weighted by Crippen LogP contribution is -2.37. The van der Waals surface area contributed by atoms with Crippen molar-refractivity contribution in [1.29, 1.82) is 0 Å². The molecule has 6 nitrogen and oxygen atoms in total. The smallest absolute Gasteiger partial charge is 0.408 e. The summed E-state index contributed by atoms with van der Waals surface area (Å²) in [6, 6.07) is 6.67. The molecule has 0 fully saturated rings. The van der Waals surface area contributed by atoms with Crippen LogP contribution in [0, 0.1) is 5.41 Å². The van der Waals surface area contributed by atoms with E-state index in [9.17, 15) is 9.59 Å². The second kappa shape index (κ2) is 8.23. The zero-order valence-corrected chi connectivity index (χ0v) is 16.1. The highest BCUT2D eigenvalue weighted by Gasteiger charge is 2.26.